The van der Waals surface area contributed by atoms with Crippen molar-refractivity contribution in [3.05, 3.63) is 127 Å². The molecular formula is C25H22F2N4O4. The second-order valence-corrected chi connectivity index (χ2v) is 7.77. The van der Waals surface area contributed by atoms with E-state index < -0.39 is 47.0 Å². The molecule has 35 heavy (non-hydrogen) atoms. The Morgan fingerprint density at radius 2 is 1.46 bits per heavy atom. The molecule has 0 saturated carbocycles. The maximum atomic E-state index is 14.4. The van der Waals surface area contributed by atoms with Crippen LogP contribution in [-0.2, 0) is 13.0 Å². The Morgan fingerprint density at radius 1 is 0.829 bits per heavy atom. The average Bonchev–Trinajstić information content (AvgIpc) is 2.84. The number of hydrogen-bond acceptors (Lipinski definition) is 5. The van der Waals surface area contributed by atoms with Gasteiger partial charge in [-0.1, -0.05) is 48.5 Å². The molecule has 0 aliphatic rings. The van der Waals surface area contributed by atoms with E-state index in [1.807, 2.05) is 0 Å². The summed E-state index contributed by atoms with van der Waals surface area (Å²) in [7, 11) is 1.36. The van der Waals surface area contributed by atoms with E-state index in [2.05, 4.69) is 0 Å². The SMILES string of the molecule is COc1ccccc1-n1c(=O)n(Cc2c(F)cccc2F)c(=O)n([C@@H](N)Cc2ccccc2)c1=O. The quantitative estimate of drug-likeness (QED) is 0.437. The van der Waals surface area contributed by atoms with Gasteiger partial charge in [0.2, 0.25) is 0 Å². The fourth-order valence-corrected chi connectivity index (χ4v) is 3.83. The predicted octanol–water partition coefficient (Wildman–Crippen LogP) is 2.20. The van der Waals surface area contributed by atoms with E-state index in [1.54, 1.807) is 42.5 Å². The van der Waals surface area contributed by atoms with Crippen LogP contribution in [0.25, 0.3) is 5.69 Å². The van der Waals surface area contributed by atoms with Gasteiger partial charge in [-0.25, -0.2) is 36.9 Å². The molecule has 4 aromatic rings. The Bertz CT molecular complexity index is 1520. The van der Waals surface area contributed by atoms with Crippen LogP contribution in [0.2, 0.25) is 0 Å². The average molecular weight is 480 g/mol. The largest absolute Gasteiger partial charge is 0.495 e. The number of benzene rings is 3. The van der Waals surface area contributed by atoms with Crippen LogP contribution in [0.5, 0.6) is 5.75 Å². The van der Waals surface area contributed by atoms with Crippen LogP contribution in [0.3, 0.4) is 0 Å². The Morgan fingerprint density at radius 3 is 2.11 bits per heavy atom. The van der Waals surface area contributed by atoms with E-state index >= 15 is 0 Å². The second kappa shape index (κ2) is 9.90. The third kappa shape index (κ3) is 4.56. The molecule has 1 heterocycles. The third-order valence-corrected chi connectivity index (χ3v) is 5.58. The molecule has 0 amide bonds. The van der Waals surface area contributed by atoms with Gasteiger partial charge in [-0.05, 0) is 29.8 Å². The summed E-state index contributed by atoms with van der Waals surface area (Å²) >= 11 is 0. The van der Waals surface area contributed by atoms with Crippen molar-refractivity contribution in [3.8, 4) is 11.4 Å². The summed E-state index contributed by atoms with van der Waals surface area (Å²) in [5, 5.41) is 0. The molecule has 0 radical (unpaired) electrons. The molecule has 0 aliphatic carbocycles. The topological polar surface area (TPSA) is 101 Å². The van der Waals surface area contributed by atoms with Crippen LogP contribution in [0.1, 0.15) is 17.3 Å². The molecule has 1 aromatic heterocycles. The number of hydrogen-bond donors (Lipinski definition) is 1. The Kier molecular flexibility index (Phi) is 6.74. The zero-order valence-electron chi connectivity index (χ0n) is 18.7. The van der Waals surface area contributed by atoms with E-state index in [0.29, 0.717) is 13.7 Å². The molecule has 0 aliphatic heterocycles. The van der Waals surface area contributed by atoms with Gasteiger partial charge in [0.1, 0.15) is 17.4 Å². The zero-order valence-corrected chi connectivity index (χ0v) is 18.7. The zero-order chi connectivity index (χ0) is 25.1. The molecule has 3 aromatic carbocycles. The lowest BCUT2D eigenvalue weighted by Gasteiger charge is -2.19. The minimum absolute atomic E-state index is 0.0495. The maximum Gasteiger partial charge on any atom is 0.342 e. The minimum atomic E-state index is -1.17. The molecule has 0 unspecified atom stereocenters. The van der Waals surface area contributed by atoms with E-state index in [0.717, 1.165) is 17.7 Å². The first-order valence-electron chi connectivity index (χ1n) is 10.7. The van der Waals surface area contributed by atoms with Crippen molar-refractivity contribution in [2.75, 3.05) is 7.11 Å². The van der Waals surface area contributed by atoms with Crippen LogP contribution in [0, 0.1) is 11.6 Å². The van der Waals surface area contributed by atoms with Gasteiger partial charge in [0, 0.05) is 12.0 Å². The van der Waals surface area contributed by atoms with Gasteiger partial charge in [0.05, 0.1) is 25.5 Å². The van der Waals surface area contributed by atoms with Crippen LogP contribution in [0.4, 0.5) is 8.78 Å². The van der Waals surface area contributed by atoms with Gasteiger partial charge in [-0.2, -0.15) is 0 Å². The molecule has 1 atom stereocenters. The highest BCUT2D eigenvalue weighted by molar-refractivity contribution is 5.46. The first kappa shape index (κ1) is 23.8. The number of halogens is 2. The van der Waals surface area contributed by atoms with Crippen molar-refractivity contribution in [1.82, 2.24) is 13.7 Å². The summed E-state index contributed by atoms with van der Waals surface area (Å²) in [4.78, 5) is 40.3. The second-order valence-electron chi connectivity index (χ2n) is 7.77. The summed E-state index contributed by atoms with van der Waals surface area (Å²) in [6.45, 7) is -0.746. The van der Waals surface area contributed by atoms with E-state index in [9.17, 15) is 23.2 Å². The van der Waals surface area contributed by atoms with Gasteiger partial charge in [0.25, 0.3) is 0 Å². The maximum absolute atomic E-state index is 14.4. The number of rotatable bonds is 7. The number of para-hydroxylation sites is 2. The summed E-state index contributed by atoms with van der Waals surface area (Å²) in [5.41, 5.74) is 3.39. The monoisotopic (exact) mass is 480 g/mol. The highest BCUT2D eigenvalue weighted by Gasteiger charge is 2.24. The Hall–Kier alpha value is -4.31. The van der Waals surface area contributed by atoms with Gasteiger partial charge in [-0.15, -0.1) is 0 Å². The van der Waals surface area contributed by atoms with Crippen molar-refractivity contribution in [3.63, 3.8) is 0 Å². The number of nitrogens with zero attached hydrogens (tertiary/aromatic N) is 3. The third-order valence-electron chi connectivity index (χ3n) is 5.58. The Labute approximate surface area is 198 Å². The van der Waals surface area contributed by atoms with Crippen LogP contribution < -0.4 is 27.5 Å². The molecule has 0 bridgehead atoms. The van der Waals surface area contributed by atoms with E-state index in [4.69, 9.17) is 10.5 Å². The molecule has 0 fully saturated rings. The van der Waals surface area contributed by atoms with Crippen LogP contribution in [0.15, 0.2) is 87.2 Å². The van der Waals surface area contributed by atoms with Crippen LogP contribution >= 0.6 is 0 Å². The van der Waals surface area contributed by atoms with Crippen molar-refractivity contribution in [1.29, 1.82) is 0 Å². The number of aromatic nitrogens is 3. The van der Waals surface area contributed by atoms with Crippen molar-refractivity contribution in [2.45, 2.75) is 19.1 Å². The predicted molar refractivity (Wildman–Crippen MR) is 126 cm³/mol. The first-order chi connectivity index (χ1) is 16.8. The lowest BCUT2D eigenvalue weighted by molar-refractivity contribution is 0.399. The summed E-state index contributed by atoms with van der Waals surface area (Å²) in [6.07, 6.45) is -1.08. The molecule has 180 valence electrons. The molecule has 4 rings (SSSR count). The van der Waals surface area contributed by atoms with Gasteiger partial charge >= 0.3 is 17.1 Å². The van der Waals surface area contributed by atoms with Crippen molar-refractivity contribution < 1.29 is 13.5 Å². The Balaban J connectivity index is 1.99. The van der Waals surface area contributed by atoms with E-state index in [1.165, 1.54) is 25.3 Å². The molecule has 2 N–H and O–H groups in total. The minimum Gasteiger partial charge on any atom is -0.495 e. The normalized spacial score (nSPS) is 11.9. The van der Waals surface area contributed by atoms with E-state index in [-0.39, 0.29) is 17.9 Å². The first-order valence-corrected chi connectivity index (χ1v) is 10.7. The molecule has 0 spiro atoms. The van der Waals surface area contributed by atoms with Crippen molar-refractivity contribution >= 4 is 0 Å². The number of nitrogens with two attached hydrogens (primary N) is 1. The summed E-state index contributed by atoms with van der Waals surface area (Å²) in [5.74, 6) is -1.70. The lowest BCUT2D eigenvalue weighted by atomic mass is 10.1. The fraction of sp³-hybridized carbons (Fsp3) is 0.160. The van der Waals surface area contributed by atoms with Gasteiger partial charge in [-0.3, -0.25) is 0 Å². The molecule has 10 heteroatoms. The summed E-state index contributed by atoms with van der Waals surface area (Å²) < 4.78 is 36.1. The highest BCUT2D eigenvalue weighted by atomic mass is 19.1. The summed E-state index contributed by atoms with van der Waals surface area (Å²) in [6, 6.07) is 18.3. The van der Waals surface area contributed by atoms with Crippen molar-refractivity contribution in [2.24, 2.45) is 5.73 Å². The molecule has 8 nitrogen and oxygen atoms in total. The fourth-order valence-electron chi connectivity index (χ4n) is 3.83. The number of methoxy groups -OCH3 is 1. The highest BCUT2D eigenvalue weighted by Crippen LogP contribution is 2.19. The lowest BCUT2D eigenvalue weighted by Crippen LogP contribution is -2.56. The molecule has 0 saturated heterocycles. The smallest absolute Gasteiger partial charge is 0.342 e. The van der Waals surface area contributed by atoms with Gasteiger partial charge in [0.15, 0.2) is 0 Å². The molecular weight excluding hydrogens is 458 g/mol. The van der Waals surface area contributed by atoms with Crippen LogP contribution in [-0.4, -0.2) is 20.8 Å². The standard InChI is InChI=1S/C25H22F2N4O4/c1-35-21-13-6-5-12-20(21)30-23(32)29(15-17-18(26)10-7-11-19(17)27)24(33)31(25(30)34)22(28)14-16-8-3-2-4-9-16/h2-13,22H,14-15,28H2,1H3/t22-/m1/s1. The van der Waals surface area contributed by atoms with Gasteiger partial charge < -0.3 is 10.5 Å². The number of ether oxygens (including phenoxy) is 1.